The fourth-order valence-electron chi connectivity index (χ4n) is 2.63. The van der Waals surface area contributed by atoms with E-state index in [0.717, 1.165) is 0 Å². The lowest BCUT2D eigenvalue weighted by Gasteiger charge is -2.13. The fraction of sp³-hybridized carbons (Fsp3) is 0.0435. The fourth-order valence-corrected chi connectivity index (χ4v) is 2.82. The summed E-state index contributed by atoms with van der Waals surface area (Å²) >= 11 is 6.23. The lowest BCUT2D eigenvalue weighted by molar-refractivity contribution is -0.113. The molecular formula is C23H19ClN2O3. The molecule has 0 saturated heterocycles. The number of methoxy groups -OCH3 is 1. The summed E-state index contributed by atoms with van der Waals surface area (Å²) in [4.78, 5) is 25.6. The van der Waals surface area contributed by atoms with Crippen LogP contribution in [0.4, 0.5) is 5.69 Å². The van der Waals surface area contributed by atoms with E-state index in [-0.39, 0.29) is 5.70 Å². The molecule has 2 amide bonds. The van der Waals surface area contributed by atoms with Gasteiger partial charge in [0.2, 0.25) is 0 Å². The molecule has 0 radical (unpaired) electrons. The maximum Gasteiger partial charge on any atom is 0.272 e. The van der Waals surface area contributed by atoms with E-state index in [0.29, 0.717) is 27.6 Å². The van der Waals surface area contributed by atoms with Gasteiger partial charge in [0.15, 0.2) is 0 Å². The zero-order valence-electron chi connectivity index (χ0n) is 15.7. The van der Waals surface area contributed by atoms with Crippen molar-refractivity contribution in [2.75, 3.05) is 12.4 Å². The molecule has 3 aromatic carbocycles. The summed E-state index contributed by atoms with van der Waals surface area (Å²) in [6.45, 7) is 0. The van der Waals surface area contributed by atoms with Crippen molar-refractivity contribution in [2.45, 2.75) is 0 Å². The molecule has 0 aliphatic rings. The zero-order valence-corrected chi connectivity index (χ0v) is 16.4. The van der Waals surface area contributed by atoms with Gasteiger partial charge >= 0.3 is 0 Å². The molecule has 0 aliphatic heterocycles. The van der Waals surface area contributed by atoms with Crippen molar-refractivity contribution in [3.05, 3.63) is 101 Å². The van der Waals surface area contributed by atoms with Crippen molar-refractivity contribution in [1.29, 1.82) is 0 Å². The molecule has 2 N–H and O–H groups in total. The highest BCUT2D eigenvalue weighted by atomic mass is 35.5. The molecule has 3 aromatic rings. The van der Waals surface area contributed by atoms with Crippen LogP contribution in [-0.4, -0.2) is 18.9 Å². The third-order valence-electron chi connectivity index (χ3n) is 4.09. The van der Waals surface area contributed by atoms with Crippen molar-refractivity contribution >= 4 is 35.2 Å². The third kappa shape index (κ3) is 5.24. The molecule has 0 atom stereocenters. The Balaban J connectivity index is 1.93. The Bertz CT molecular complexity index is 1050. The molecule has 0 spiro atoms. The van der Waals surface area contributed by atoms with Gasteiger partial charge in [0.1, 0.15) is 11.4 Å². The Morgan fingerprint density at radius 1 is 0.897 bits per heavy atom. The molecule has 5 nitrogen and oxygen atoms in total. The van der Waals surface area contributed by atoms with Crippen LogP contribution < -0.4 is 15.4 Å². The Morgan fingerprint density at radius 3 is 2.28 bits per heavy atom. The van der Waals surface area contributed by atoms with Crippen LogP contribution in [0.25, 0.3) is 6.08 Å². The number of rotatable bonds is 6. The van der Waals surface area contributed by atoms with Gasteiger partial charge in [0.25, 0.3) is 11.8 Å². The molecule has 0 saturated carbocycles. The van der Waals surface area contributed by atoms with Crippen LogP contribution in [0.5, 0.6) is 5.75 Å². The predicted octanol–water partition coefficient (Wildman–Crippen LogP) is 4.76. The van der Waals surface area contributed by atoms with Gasteiger partial charge in [-0.3, -0.25) is 9.59 Å². The van der Waals surface area contributed by atoms with Crippen molar-refractivity contribution in [3.8, 4) is 5.75 Å². The molecule has 6 heteroatoms. The Kier molecular flexibility index (Phi) is 6.66. The number of halogens is 1. The van der Waals surface area contributed by atoms with E-state index in [9.17, 15) is 9.59 Å². The van der Waals surface area contributed by atoms with Crippen LogP contribution in [0, 0.1) is 0 Å². The molecule has 3 rings (SSSR count). The third-order valence-corrected chi connectivity index (χ3v) is 4.43. The van der Waals surface area contributed by atoms with E-state index in [2.05, 4.69) is 10.6 Å². The summed E-state index contributed by atoms with van der Waals surface area (Å²) in [7, 11) is 1.52. The first-order chi connectivity index (χ1) is 14.1. The average Bonchev–Trinajstić information content (AvgIpc) is 2.75. The lowest BCUT2D eigenvalue weighted by Crippen LogP contribution is -2.30. The number of ether oxygens (including phenoxy) is 1. The summed E-state index contributed by atoms with van der Waals surface area (Å²) in [6, 6.07) is 22.7. The molecule has 0 bridgehead atoms. The molecule has 0 heterocycles. The number of hydrogen-bond acceptors (Lipinski definition) is 3. The van der Waals surface area contributed by atoms with Gasteiger partial charge in [-0.1, -0.05) is 60.1 Å². The maximum atomic E-state index is 13.0. The van der Waals surface area contributed by atoms with Crippen LogP contribution in [0.2, 0.25) is 5.02 Å². The number of para-hydroxylation sites is 2. The lowest BCUT2D eigenvalue weighted by atomic mass is 10.1. The van der Waals surface area contributed by atoms with Gasteiger partial charge in [-0.25, -0.2) is 0 Å². The van der Waals surface area contributed by atoms with Crippen molar-refractivity contribution < 1.29 is 14.3 Å². The number of nitrogens with one attached hydrogen (secondary N) is 2. The molecule has 0 aromatic heterocycles. The average molecular weight is 407 g/mol. The van der Waals surface area contributed by atoms with Gasteiger partial charge in [-0.15, -0.1) is 0 Å². The van der Waals surface area contributed by atoms with Gasteiger partial charge in [-0.2, -0.15) is 0 Å². The number of carbonyl (C=O) groups is 2. The Labute approximate surface area is 174 Å². The van der Waals surface area contributed by atoms with Crippen LogP contribution >= 0.6 is 11.6 Å². The van der Waals surface area contributed by atoms with Gasteiger partial charge < -0.3 is 15.4 Å². The van der Waals surface area contributed by atoms with Gasteiger partial charge in [0, 0.05) is 10.6 Å². The second kappa shape index (κ2) is 9.57. The minimum atomic E-state index is -0.501. The van der Waals surface area contributed by atoms with Gasteiger partial charge in [-0.05, 0) is 42.0 Å². The second-order valence-corrected chi connectivity index (χ2v) is 6.46. The maximum absolute atomic E-state index is 13.0. The Hall–Kier alpha value is -3.57. The molecule has 0 unspecified atom stereocenters. The van der Waals surface area contributed by atoms with Crippen molar-refractivity contribution in [1.82, 2.24) is 5.32 Å². The highest BCUT2D eigenvalue weighted by Crippen LogP contribution is 2.24. The van der Waals surface area contributed by atoms with E-state index >= 15 is 0 Å². The Morgan fingerprint density at radius 2 is 1.55 bits per heavy atom. The van der Waals surface area contributed by atoms with Crippen molar-refractivity contribution in [2.24, 2.45) is 0 Å². The molecular weight excluding hydrogens is 388 g/mol. The number of benzene rings is 3. The topological polar surface area (TPSA) is 67.4 Å². The van der Waals surface area contributed by atoms with Crippen LogP contribution in [-0.2, 0) is 4.79 Å². The number of carbonyl (C=O) groups excluding carboxylic acids is 2. The summed E-state index contributed by atoms with van der Waals surface area (Å²) < 4.78 is 5.27. The van der Waals surface area contributed by atoms with Crippen LogP contribution in [0.1, 0.15) is 15.9 Å². The first-order valence-electron chi connectivity index (χ1n) is 8.85. The van der Waals surface area contributed by atoms with Crippen molar-refractivity contribution in [3.63, 3.8) is 0 Å². The van der Waals surface area contributed by atoms with E-state index in [1.54, 1.807) is 72.8 Å². The largest absolute Gasteiger partial charge is 0.495 e. The van der Waals surface area contributed by atoms with E-state index < -0.39 is 11.8 Å². The van der Waals surface area contributed by atoms with Gasteiger partial charge in [0.05, 0.1) is 12.8 Å². The smallest absolute Gasteiger partial charge is 0.272 e. The quantitative estimate of drug-likeness (QED) is 0.580. The molecule has 146 valence electrons. The number of amides is 2. The molecule has 29 heavy (non-hydrogen) atoms. The van der Waals surface area contributed by atoms with Crippen LogP contribution in [0.3, 0.4) is 0 Å². The van der Waals surface area contributed by atoms with E-state index in [4.69, 9.17) is 16.3 Å². The predicted molar refractivity (Wildman–Crippen MR) is 115 cm³/mol. The minimum absolute atomic E-state index is 0.0536. The monoisotopic (exact) mass is 406 g/mol. The minimum Gasteiger partial charge on any atom is -0.495 e. The summed E-state index contributed by atoms with van der Waals surface area (Å²) in [6.07, 6.45) is 1.54. The zero-order chi connectivity index (χ0) is 20.6. The summed E-state index contributed by atoms with van der Waals surface area (Å²) in [5, 5.41) is 5.91. The van der Waals surface area contributed by atoms with Crippen LogP contribution in [0.15, 0.2) is 84.6 Å². The van der Waals surface area contributed by atoms with E-state index in [1.165, 1.54) is 13.2 Å². The first-order valence-corrected chi connectivity index (χ1v) is 9.23. The SMILES string of the molecule is COc1ccccc1NC(=O)C(=Cc1ccccc1Cl)NC(=O)c1ccccc1. The molecule has 0 fully saturated rings. The highest BCUT2D eigenvalue weighted by Gasteiger charge is 2.16. The number of hydrogen-bond donors (Lipinski definition) is 2. The van der Waals surface area contributed by atoms with E-state index in [1.807, 2.05) is 6.07 Å². The summed E-state index contributed by atoms with van der Waals surface area (Å²) in [5.41, 5.74) is 1.58. The molecule has 0 aliphatic carbocycles. The second-order valence-electron chi connectivity index (χ2n) is 6.05. The standard InChI is InChI=1S/C23H19ClN2O3/c1-29-21-14-8-7-13-19(21)25-23(28)20(15-17-11-5-6-12-18(17)24)26-22(27)16-9-3-2-4-10-16/h2-15H,1H3,(H,25,28)(H,26,27). The first kappa shape index (κ1) is 20.2. The number of anilines is 1. The highest BCUT2D eigenvalue weighted by molar-refractivity contribution is 6.32. The normalized spacial score (nSPS) is 10.9. The summed E-state index contributed by atoms with van der Waals surface area (Å²) in [5.74, 6) is -0.398.